The maximum atomic E-state index is 13.1. The van der Waals surface area contributed by atoms with Crippen LogP contribution in [-0.4, -0.2) is 46.9 Å². The van der Waals surface area contributed by atoms with Gasteiger partial charge in [0.05, 0.1) is 20.3 Å². The zero-order valence-electron chi connectivity index (χ0n) is 23.5. The molecule has 0 radical (unpaired) electrons. The molecule has 4 aromatic rings. The number of methoxy groups -OCH3 is 1. The lowest BCUT2D eigenvalue weighted by atomic mass is 10.0. The molecule has 42 heavy (non-hydrogen) atoms. The minimum atomic E-state index is -0.792. The summed E-state index contributed by atoms with van der Waals surface area (Å²) in [6, 6.07) is 12.3. The van der Waals surface area contributed by atoms with Crippen molar-refractivity contribution in [2.24, 2.45) is 0 Å². The van der Waals surface area contributed by atoms with E-state index in [0.29, 0.717) is 29.2 Å². The molecule has 0 saturated carbocycles. The van der Waals surface area contributed by atoms with Gasteiger partial charge < -0.3 is 43.8 Å². The molecule has 3 aromatic carbocycles. The van der Waals surface area contributed by atoms with Gasteiger partial charge in [0.1, 0.15) is 22.5 Å². The number of aliphatic hydroxyl groups excluding tert-OH is 1. The van der Waals surface area contributed by atoms with Crippen LogP contribution in [0, 0.1) is 0 Å². The van der Waals surface area contributed by atoms with E-state index in [-0.39, 0.29) is 46.3 Å². The highest BCUT2D eigenvalue weighted by Gasteiger charge is 2.34. The van der Waals surface area contributed by atoms with Crippen LogP contribution in [0.15, 0.2) is 57.7 Å². The highest BCUT2D eigenvalue weighted by Crippen LogP contribution is 2.44. The molecule has 4 N–H and O–H groups in total. The number of hydrogen-bond acceptors (Lipinski definition) is 10. The van der Waals surface area contributed by atoms with E-state index in [1.54, 1.807) is 30.3 Å². The van der Waals surface area contributed by atoms with Crippen LogP contribution >= 0.6 is 0 Å². The highest BCUT2D eigenvalue weighted by molar-refractivity contribution is 5.88. The van der Waals surface area contributed by atoms with E-state index >= 15 is 0 Å². The number of rotatable bonds is 11. The second kappa shape index (κ2) is 12.5. The number of hydrogen-bond donors (Lipinski definition) is 4. The van der Waals surface area contributed by atoms with Gasteiger partial charge in [-0.2, -0.15) is 0 Å². The van der Waals surface area contributed by atoms with Crippen LogP contribution in [0.25, 0.3) is 22.3 Å². The van der Waals surface area contributed by atoms with E-state index < -0.39 is 23.4 Å². The second-order valence-electron chi connectivity index (χ2n) is 10.2. The Hall–Kier alpha value is -4.57. The van der Waals surface area contributed by atoms with Crippen molar-refractivity contribution < 1.29 is 43.8 Å². The topological polar surface area (TPSA) is 148 Å². The molecule has 0 saturated heterocycles. The minimum Gasteiger partial charge on any atom is -0.507 e. The average Bonchev–Trinajstić information content (AvgIpc) is 2.99. The molecule has 2 atom stereocenters. The average molecular weight is 579 g/mol. The summed E-state index contributed by atoms with van der Waals surface area (Å²) in [4.78, 5) is 13.1. The van der Waals surface area contributed by atoms with Crippen molar-refractivity contribution in [3.63, 3.8) is 0 Å². The predicted molar refractivity (Wildman–Crippen MR) is 155 cm³/mol. The Labute approximate surface area is 242 Å². The van der Waals surface area contributed by atoms with Gasteiger partial charge in [0.2, 0.25) is 11.2 Å². The molecule has 2 heterocycles. The van der Waals surface area contributed by atoms with Crippen molar-refractivity contribution in [2.45, 2.75) is 51.2 Å². The molecule has 0 fully saturated rings. The first-order valence-corrected chi connectivity index (χ1v) is 14.0. The molecule has 1 aliphatic heterocycles. The van der Waals surface area contributed by atoms with Gasteiger partial charge in [-0.05, 0) is 36.8 Å². The number of unbranched alkanes of at least 4 members (excludes halogenated alkanes) is 4. The van der Waals surface area contributed by atoms with Gasteiger partial charge >= 0.3 is 0 Å². The fourth-order valence-electron chi connectivity index (χ4n) is 5.00. The third-order valence-corrected chi connectivity index (χ3v) is 7.23. The Morgan fingerprint density at radius 2 is 1.69 bits per heavy atom. The zero-order valence-corrected chi connectivity index (χ0v) is 23.5. The molecule has 10 nitrogen and oxygen atoms in total. The largest absolute Gasteiger partial charge is 0.507 e. The van der Waals surface area contributed by atoms with Crippen LogP contribution in [0.2, 0.25) is 0 Å². The SMILES string of the molecule is CCCCCCCOc1cc(O)c2c(=O)c(O)c(-c3ccc4c(c3)OC(c3ccc(O)c(OC)c3)C(CO)O4)oc2c1. The molecular formula is C32H34O10. The molecule has 0 aliphatic carbocycles. The maximum absolute atomic E-state index is 13.1. The van der Waals surface area contributed by atoms with Gasteiger partial charge in [-0.15, -0.1) is 0 Å². The Bertz CT molecular complexity index is 1630. The summed E-state index contributed by atoms with van der Waals surface area (Å²) >= 11 is 0. The van der Waals surface area contributed by atoms with E-state index in [1.807, 2.05) is 0 Å². The van der Waals surface area contributed by atoms with Gasteiger partial charge in [0, 0.05) is 23.3 Å². The standard InChI is InChI=1S/C32H34O10/c1-3-4-5-6-7-12-39-20-15-22(35)28-26(16-20)42-32(30(37)29(28)36)19-9-11-23-25(14-19)41-31(27(17-33)40-23)18-8-10-21(34)24(13-18)38-2/h8-11,13-16,27,31,33-35,37H,3-7,12,17H2,1-2H3. The summed E-state index contributed by atoms with van der Waals surface area (Å²) in [5, 5.41) is 41.2. The molecule has 5 rings (SSSR count). The predicted octanol–water partition coefficient (Wildman–Crippen LogP) is 5.81. The van der Waals surface area contributed by atoms with E-state index in [0.717, 1.165) is 25.7 Å². The number of ether oxygens (including phenoxy) is 4. The molecular weight excluding hydrogens is 544 g/mol. The second-order valence-corrected chi connectivity index (χ2v) is 10.2. The van der Waals surface area contributed by atoms with E-state index in [4.69, 9.17) is 23.4 Å². The summed E-state index contributed by atoms with van der Waals surface area (Å²) in [5.74, 6) is 0.00405. The fraction of sp³-hybridized carbons (Fsp3) is 0.344. The minimum absolute atomic E-state index is 0.0467. The van der Waals surface area contributed by atoms with Crippen molar-refractivity contribution in [2.75, 3.05) is 20.3 Å². The molecule has 222 valence electrons. The zero-order chi connectivity index (χ0) is 29.8. The van der Waals surface area contributed by atoms with Crippen molar-refractivity contribution in [3.8, 4) is 51.6 Å². The van der Waals surface area contributed by atoms with Gasteiger partial charge in [-0.3, -0.25) is 4.79 Å². The van der Waals surface area contributed by atoms with Gasteiger partial charge in [-0.1, -0.05) is 38.7 Å². The lowest BCUT2D eigenvalue weighted by Gasteiger charge is -2.33. The van der Waals surface area contributed by atoms with Crippen molar-refractivity contribution in [1.29, 1.82) is 0 Å². The smallest absolute Gasteiger partial charge is 0.238 e. The van der Waals surface area contributed by atoms with Crippen LogP contribution in [-0.2, 0) is 0 Å². The summed E-state index contributed by atoms with van der Waals surface area (Å²) in [7, 11) is 1.43. The first kappa shape index (κ1) is 28.9. The van der Waals surface area contributed by atoms with Gasteiger partial charge in [0.15, 0.2) is 41.0 Å². The number of aromatic hydroxyl groups is 3. The lowest BCUT2D eigenvalue weighted by Crippen LogP contribution is -2.36. The summed E-state index contributed by atoms with van der Waals surface area (Å²) in [6.45, 7) is 2.26. The maximum Gasteiger partial charge on any atom is 0.238 e. The molecule has 0 bridgehead atoms. The summed E-state index contributed by atoms with van der Waals surface area (Å²) in [6.07, 6.45) is 3.82. The Morgan fingerprint density at radius 1 is 0.881 bits per heavy atom. The number of phenols is 2. The summed E-state index contributed by atoms with van der Waals surface area (Å²) < 4.78 is 29.2. The van der Waals surface area contributed by atoms with Crippen molar-refractivity contribution >= 4 is 11.0 Å². The molecule has 1 aliphatic rings. The van der Waals surface area contributed by atoms with Gasteiger partial charge in [0.25, 0.3) is 0 Å². The van der Waals surface area contributed by atoms with Crippen molar-refractivity contribution in [3.05, 3.63) is 64.3 Å². The third-order valence-electron chi connectivity index (χ3n) is 7.23. The van der Waals surface area contributed by atoms with Crippen LogP contribution in [0.1, 0.15) is 50.7 Å². The number of phenolic OH excluding ortho intramolecular Hbond substituents is 2. The van der Waals surface area contributed by atoms with E-state index in [9.17, 15) is 25.2 Å². The molecule has 10 heteroatoms. The Balaban J connectivity index is 1.46. The Morgan fingerprint density at radius 3 is 2.45 bits per heavy atom. The first-order valence-electron chi connectivity index (χ1n) is 14.0. The first-order chi connectivity index (χ1) is 20.3. The molecule has 2 unspecified atom stereocenters. The fourth-order valence-corrected chi connectivity index (χ4v) is 5.00. The third kappa shape index (κ3) is 5.75. The number of fused-ring (bicyclic) bond motifs is 2. The number of aliphatic hydroxyl groups is 1. The monoisotopic (exact) mass is 578 g/mol. The number of benzene rings is 3. The van der Waals surface area contributed by atoms with Crippen LogP contribution in [0.4, 0.5) is 0 Å². The van der Waals surface area contributed by atoms with E-state index in [2.05, 4.69) is 6.92 Å². The van der Waals surface area contributed by atoms with E-state index in [1.165, 1.54) is 31.7 Å². The quantitative estimate of drug-likeness (QED) is 0.161. The van der Waals surface area contributed by atoms with Crippen LogP contribution in [0.3, 0.4) is 0 Å². The normalized spacial score (nSPS) is 16.0. The molecule has 1 aromatic heterocycles. The van der Waals surface area contributed by atoms with Crippen molar-refractivity contribution in [1.82, 2.24) is 0 Å². The molecule has 0 spiro atoms. The highest BCUT2D eigenvalue weighted by atomic mass is 16.6. The lowest BCUT2D eigenvalue weighted by molar-refractivity contribution is -0.0123. The summed E-state index contributed by atoms with van der Waals surface area (Å²) in [5.41, 5.74) is 0.172. The van der Waals surface area contributed by atoms with Crippen LogP contribution in [0.5, 0.6) is 40.2 Å². The van der Waals surface area contributed by atoms with Crippen LogP contribution < -0.4 is 24.4 Å². The van der Waals surface area contributed by atoms with Gasteiger partial charge in [-0.25, -0.2) is 0 Å². The Kier molecular flexibility index (Phi) is 8.63. The molecule has 0 amide bonds.